The van der Waals surface area contributed by atoms with Crippen LogP contribution < -0.4 is 14.2 Å². The number of carbonyl (C=O) groups excluding carboxylic acids is 1. The molecule has 0 spiro atoms. The predicted molar refractivity (Wildman–Crippen MR) is 93.4 cm³/mol. The van der Waals surface area contributed by atoms with Crippen molar-refractivity contribution in [2.45, 2.75) is 37.9 Å². The molecule has 2 aliphatic carbocycles. The average Bonchev–Trinajstić information content (AvgIpc) is 3.15. The molecule has 2 saturated carbocycles. The molecule has 0 amide bonds. The highest BCUT2D eigenvalue weighted by atomic mass is 16.7. The van der Waals surface area contributed by atoms with Crippen molar-refractivity contribution >= 4 is 5.78 Å². The number of aliphatic hydroxyl groups is 2. The van der Waals surface area contributed by atoms with Gasteiger partial charge < -0.3 is 24.4 Å². The lowest BCUT2D eigenvalue weighted by Gasteiger charge is -2.41. The molecule has 4 rings (SSSR count). The normalized spacial score (nSPS) is 37.7. The van der Waals surface area contributed by atoms with Gasteiger partial charge >= 0.3 is 0 Å². The Morgan fingerprint density at radius 2 is 2.12 bits per heavy atom. The molecule has 2 fully saturated rings. The smallest absolute Gasteiger partial charge is 0.231 e. The number of carbonyl (C=O) groups is 1. The molecule has 3 aliphatic rings. The van der Waals surface area contributed by atoms with Gasteiger partial charge in [-0.2, -0.15) is 0 Å². The van der Waals surface area contributed by atoms with Crippen molar-refractivity contribution in [1.82, 2.24) is 0 Å². The van der Waals surface area contributed by atoms with Crippen LogP contribution in [0.4, 0.5) is 0 Å². The van der Waals surface area contributed by atoms with Crippen LogP contribution in [0.2, 0.25) is 0 Å². The average molecular weight is 360 g/mol. The van der Waals surface area contributed by atoms with Crippen LogP contribution in [0.15, 0.2) is 24.8 Å². The van der Waals surface area contributed by atoms with Crippen LogP contribution in [0.3, 0.4) is 0 Å². The second-order valence-corrected chi connectivity index (χ2v) is 7.59. The zero-order valence-corrected chi connectivity index (χ0v) is 15.0. The minimum atomic E-state index is -1.05. The highest BCUT2D eigenvalue weighted by Gasteiger charge is 2.64. The number of methoxy groups -OCH3 is 1. The minimum Gasteiger partial charge on any atom is -0.493 e. The molecule has 140 valence electrons. The Morgan fingerprint density at radius 1 is 1.35 bits per heavy atom. The zero-order valence-electron chi connectivity index (χ0n) is 15.0. The number of Topliss-reactive ketones (excluding diaryl/α,β-unsaturated/α-hetero) is 1. The fourth-order valence-corrected chi connectivity index (χ4v) is 5.31. The maximum atomic E-state index is 12.7. The van der Waals surface area contributed by atoms with E-state index < -0.39 is 23.5 Å². The summed E-state index contributed by atoms with van der Waals surface area (Å²) in [5, 5.41) is 21.4. The van der Waals surface area contributed by atoms with E-state index in [1.54, 1.807) is 13.2 Å². The lowest BCUT2D eigenvalue weighted by atomic mass is 9.66. The van der Waals surface area contributed by atoms with E-state index in [0.29, 0.717) is 23.7 Å². The van der Waals surface area contributed by atoms with Crippen LogP contribution in [0.25, 0.3) is 0 Å². The van der Waals surface area contributed by atoms with Gasteiger partial charge in [0, 0.05) is 5.41 Å². The van der Waals surface area contributed by atoms with Gasteiger partial charge in [0.25, 0.3) is 0 Å². The van der Waals surface area contributed by atoms with Crippen molar-refractivity contribution in [3.63, 3.8) is 0 Å². The Hall–Kier alpha value is -2.05. The van der Waals surface area contributed by atoms with Crippen molar-refractivity contribution in [1.29, 1.82) is 0 Å². The molecular weight excluding hydrogens is 336 g/mol. The van der Waals surface area contributed by atoms with Crippen LogP contribution >= 0.6 is 0 Å². The van der Waals surface area contributed by atoms with E-state index in [9.17, 15) is 15.0 Å². The van der Waals surface area contributed by atoms with Gasteiger partial charge in [-0.05, 0) is 42.4 Å². The Balaban J connectivity index is 1.84. The monoisotopic (exact) mass is 360 g/mol. The van der Waals surface area contributed by atoms with Gasteiger partial charge in [-0.1, -0.05) is 13.0 Å². The van der Waals surface area contributed by atoms with Gasteiger partial charge in [-0.3, -0.25) is 4.79 Å². The van der Waals surface area contributed by atoms with E-state index in [-0.39, 0.29) is 30.8 Å². The summed E-state index contributed by atoms with van der Waals surface area (Å²) < 4.78 is 16.4. The van der Waals surface area contributed by atoms with Gasteiger partial charge in [0.1, 0.15) is 6.10 Å². The summed E-state index contributed by atoms with van der Waals surface area (Å²) >= 11 is 0. The molecule has 1 aliphatic heterocycles. The third-order valence-electron chi connectivity index (χ3n) is 6.58. The quantitative estimate of drug-likeness (QED) is 0.799. The zero-order chi connectivity index (χ0) is 18.6. The SMILES string of the molecule is C=CC[C@@]12C[C@H](O)C(=O)[C@@H]([C@H](c3cc(OC)c4c(c3)OCO4)[C@H]1C)[C@@H]2O. The Kier molecular flexibility index (Phi) is 4.00. The number of allylic oxidation sites excluding steroid dienone is 1. The second kappa shape index (κ2) is 5.99. The first-order valence-corrected chi connectivity index (χ1v) is 8.93. The molecule has 6 nitrogen and oxygen atoms in total. The van der Waals surface area contributed by atoms with E-state index in [4.69, 9.17) is 14.2 Å². The molecule has 1 aromatic rings. The first kappa shape index (κ1) is 17.4. The standard InChI is InChI=1S/C20H24O6/c1-4-5-20-8-12(21)17(22)16(19(20)23)15(10(20)2)11-6-13(24-3)18-14(7-11)25-9-26-18/h4,6-7,10,12,15-16,19,21,23H,1,5,8-9H2,2-3H3/t10-,12+,15+,16-,19+,20-/m1/s1. The van der Waals surface area contributed by atoms with Crippen LogP contribution in [0.1, 0.15) is 31.2 Å². The fourth-order valence-electron chi connectivity index (χ4n) is 5.31. The summed E-state index contributed by atoms with van der Waals surface area (Å²) in [7, 11) is 1.56. The highest BCUT2D eigenvalue weighted by Crippen LogP contribution is 2.62. The van der Waals surface area contributed by atoms with Crippen LogP contribution in [0, 0.1) is 17.3 Å². The number of benzene rings is 1. The van der Waals surface area contributed by atoms with Gasteiger partial charge in [0.2, 0.25) is 12.5 Å². The summed E-state index contributed by atoms with van der Waals surface area (Å²) in [6, 6.07) is 3.71. The third-order valence-corrected chi connectivity index (χ3v) is 6.58. The lowest BCUT2D eigenvalue weighted by molar-refractivity contribution is -0.146. The van der Waals surface area contributed by atoms with Gasteiger partial charge in [0.05, 0.1) is 19.1 Å². The maximum absolute atomic E-state index is 12.7. The predicted octanol–water partition coefficient (Wildman–Crippen LogP) is 2.03. The van der Waals surface area contributed by atoms with E-state index in [2.05, 4.69) is 6.58 Å². The molecule has 1 aromatic carbocycles. The number of ketones is 1. The molecule has 2 bridgehead atoms. The largest absolute Gasteiger partial charge is 0.493 e. The van der Waals surface area contributed by atoms with E-state index in [0.717, 1.165) is 5.56 Å². The van der Waals surface area contributed by atoms with E-state index in [1.807, 2.05) is 19.1 Å². The number of aliphatic hydroxyl groups excluding tert-OH is 2. The molecule has 1 heterocycles. The first-order chi connectivity index (χ1) is 12.4. The molecule has 0 saturated heterocycles. The third kappa shape index (κ3) is 2.15. The van der Waals surface area contributed by atoms with Crippen molar-refractivity contribution in [2.24, 2.45) is 17.3 Å². The Labute approximate surface area is 152 Å². The van der Waals surface area contributed by atoms with Gasteiger partial charge in [-0.25, -0.2) is 0 Å². The Morgan fingerprint density at radius 3 is 2.81 bits per heavy atom. The Bertz CT molecular complexity index is 759. The summed E-state index contributed by atoms with van der Waals surface area (Å²) in [5.41, 5.74) is 0.296. The second-order valence-electron chi connectivity index (χ2n) is 7.59. The van der Waals surface area contributed by atoms with Crippen LogP contribution in [-0.4, -0.2) is 42.1 Å². The number of hydrogen-bond acceptors (Lipinski definition) is 6. The first-order valence-electron chi connectivity index (χ1n) is 8.93. The van der Waals surface area contributed by atoms with Crippen molar-refractivity contribution < 1.29 is 29.2 Å². The number of hydrogen-bond donors (Lipinski definition) is 2. The van der Waals surface area contributed by atoms with Gasteiger partial charge in [-0.15, -0.1) is 6.58 Å². The number of fused-ring (bicyclic) bond motifs is 3. The fraction of sp³-hybridized carbons (Fsp3) is 0.550. The summed E-state index contributed by atoms with van der Waals surface area (Å²) in [6.07, 6.45) is 0.713. The summed E-state index contributed by atoms with van der Waals surface area (Å²) in [5.74, 6) is 0.473. The van der Waals surface area contributed by atoms with Gasteiger partial charge in [0.15, 0.2) is 17.3 Å². The number of rotatable bonds is 4. The molecular formula is C20H24O6. The highest BCUT2D eigenvalue weighted by molar-refractivity contribution is 5.89. The van der Waals surface area contributed by atoms with E-state index in [1.165, 1.54) is 0 Å². The lowest BCUT2D eigenvalue weighted by Crippen LogP contribution is -2.49. The summed E-state index contributed by atoms with van der Waals surface area (Å²) in [4.78, 5) is 12.7. The van der Waals surface area contributed by atoms with Crippen molar-refractivity contribution in [2.75, 3.05) is 13.9 Å². The molecule has 6 heteroatoms. The molecule has 2 N–H and O–H groups in total. The minimum absolute atomic E-state index is 0.0216. The van der Waals surface area contributed by atoms with Crippen molar-refractivity contribution in [3.8, 4) is 17.2 Å². The van der Waals surface area contributed by atoms with Crippen LogP contribution in [-0.2, 0) is 4.79 Å². The molecule has 0 unspecified atom stereocenters. The maximum Gasteiger partial charge on any atom is 0.231 e. The molecule has 26 heavy (non-hydrogen) atoms. The van der Waals surface area contributed by atoms with E-state index >= 15 is 0 Å². The number of ether oxygens (including phenoxy) is 3. The molecule has 0 radical (unpaired) electrons. The van der Waals surface area contributed by atoms with Crippen LogP contribution in [0.5, 0.6) is 17.2 Å². The molecule has 0 aromatic heterocycles. The molecule has 6 atom stereocenters. The van der Waals surface area contributed by atoms with Crippen molar-refractivity contribution in [3.05, 3.63) is 30.4 Å². The topological polar surface area (TPSA) is 85.2 Å². The summed E-state index contributed by atoms with van der Waals surface area (Å²) in [6.45, 7) is 5.98.